The third kappa shape index (κ3) is 3.32. The minimum Gasteiger partial charge on any atom is -0.281 e. The maximum Gasteiger partial charge on any atom is 0.217 e. The van der Waals surface area contributed by atoms with Gasteiger partial charge in [0.15, 0.2) is 15.7 Å². The lowest BCUT2D eigenvalue weighted by atomic mass is 10.2. The van der Waals surface area contributed by atoms with Crippen molar-refractivity contribution in [2.24, 2.45) is 0 Å². The van der Waals surface area contributed by atoms with Crippen molar-refractivity contribution < 1.29 is 8.42 Å². The Hall–Kier alpha value is -1.03. The predicted octanol–water partition coefficient (Wildman–Crippen LogP) is 2.14. The number of rotatable bonds is 5. The minimum absolute atomic E-state index is 0.0605. The van der Waals surface area contributed by atoms with Gasteiger partial charge in [-0.05, 0) is 36.6 Å². The first-order valence-electron chi connectivity index (χ1n) is 7.13. The van der Waals surface area contributed by atoms with Crippen LogP contribution in [0.3, 0.4) is 0 Å². The van der Waals surface area contributed by atoms with Crippen molar-refractivity contribution in [1.29, 1.82) is 0 Å². The highest BCUT2D eigenvalue weighted by Crippen LogP contribution is 2.22. The predicted molar refractivity (Wildman–Crippen MR) is 90.2 cm³/mol. The average molecular weight is 359 g/mol. The van der Waals surface area contributed by atoms with E-state index in [2.05, 4.69) is 15.0 Å². The maximum atomic E-state index is 11.7. The summed E-state index contributed by atoms with van der Waals surface area (Å²) in [6, 6.07) is 4.02. The van der Waals surface area contributed by atoms with Crippen LogP contribution in [0.15, 0.2) is 17.5 Å². The smallest absolute Gasteiger partial charge is 0.217 e. The Labute approximate surface area is 138 Å². The molecule has 1 aliphatic heterocycles. The summed E-state index contributed by atoms with van der Waals surface area (Å²) in [6.07, 6.45) is 0.690. The van der Waals surface area contributed by atoms with Gasteiger partial charge in [0.25, 0.3) is 0 Å². The zero-order chi connectivity index (χ0) is 15.7. The van der Waals surface area contributed by atoms with E-state index in [0.29, 0.717) is 17.9 Å². The van der Waals surface area contributed by atoms with Crippen LogP contribution in [0, 0.1) is 4.77 Å². The highest BCUT2D eigenvalue weighted by molar-refractivity contribution is 7.91. The first kappa shape index (κ1) is 15.9. The van der Waals surface area contributed by atoms with Crippen LogP contribution in [0.2, 0.25) is 0 Å². The molecule has 0 spiro atoms. The second-order valence-electron chi connectivity index (χ2n) is 5.36. The van der Waals surface area contributed by atoms with Crippen molar-refractivity contribution >= 4 is 33.4 Å². The third-order valence-corrected chi connectivity index (χ3v) is 6.83. The van der Waals surface area contributed by atoms with E-state index in [9.17, 15) is 8.42 Å². The van der Waals surface area contributed by atoms with Crippen molar-refractivity contribution in [2.75, 3.05) is 18.1 Å². The summed E-state index contributed by atoms with van der Waals surface area (Å²) in [5, 5.41) is 5.21. The molecule has 0 aliphatic carbocycles. The molecular formula is C13H18N4O2S3. The molecule has 9 heteroatoms. The Bertz CT molecular complexity index is 792. The van der Waals surface area contributed by atoms with Gasteiger partial charge in [0, 0.05) is 6.04 Å². The van der Waals surface area contributed by atoms with Crippen molar-refractivity contribution in [3.8, 4) is 10.7 Å². The number of H-pyrrole nitrogens is 1. The van der Waals surface area contributed by atoms with Gasteiger partial charge in [0.1, 0.15) is 0 Å². The number of hydrogen-bond donors (Lipinski definition) is 1. The summed E-state index contributed by atoms with van der Waals surface area (Å²) < 4.78 is 25.6. The molecule has 2 aromatic heterocycles. The molecule has 0 amide bonds. The second-order valence-corrected chi connectivity index (χ2v) is 8.90. The summed E-state index contributed by atoms with van der Waals surface area (Å²) in [5.41, 5.74) is 0. The van der Waals surface area contributed by atoms with Gasteiger partial charge in [-0.1, -0.05) is 13.0 Å². The Morgan fingerprint density at radius 2 is 2.41 bits per heavy atom. The first-order chi connectivity index (χ1) is 10.5. The summed E-state index contributed by atoms with van der Waals surface area (Å²) in [4.78, 5) is 7.56. The fourth-order valence-corrected chi connectivity index (χ4v) is 5.31. The molecule has 1 fully saturated rings. The fourth-order valence-electron chi connectivity index (χ4n) is 2.69. The van der Waals surface area contributed by atoms with Crippen LogP contribution in [-0.2, 0) is 16.5 Å². The van der Waals surface area contributed by atoms with Gasteiger partial charge in [-0.15, -0.1) is 11.3 Å². The first-order valence-corrected chi connectivity index (χ1v) is 10.2. The number of nitrogens with zero attached hydrogens (tertiary/aromatic N) is 3. The molecular weight excluding hydrogens is 340 g/mol. The minimum atomic E-state index is -2.88. The zero-order valence-corrected chi connectivity index (χ0v) is 14.7. The summed E-state index contributed by atoms with van der Waals surface area (Å²) >= 11 is 6.91. The van der Waals surface area contributed by atoms with E-state index in [0.717, 1.165) is 17.2 Å². The van der Waals surface area contributed by atoms with E-state index in [-0.39, 0.29) is 17.5 Å². The van der Waals surface area contributed by atoms with Crippen LogP contribution in [0.4, 0.5) is 0 Å². The molecule has 22 heavy (non-hydrogen) atoms. The van der Waals surface area contributed by atoms with E-state index in [1.807, 2.05) is 24.4 Å². The highest BCUT2D eigenvalue weighted by Gasteiger charge is 2.31. The molecule has 0 saturated carbocycles. The molecule has 120 valence electrons. The van der Waals surface area contributed by atoms with E-state index in [4.69, 9.17) is 12.2 Å². The van der Waals surface area contributed by atoms with E-state index >= 15 is 0 Å². The molecule has 2 aromatic rings. The molecule has 0 bridgehead atoms. The van der Waals surface area contributed by atoms with Gasteiger partial charge < -0.3 is 0 Å². The number of aromatic nitrogens is 3. The van der Waals surface area contributed by atoms with Crippen molar-refractivity contribution in [1.82, 2.24) is 19.7 Å². The van der Waals surface area contributed by atoms with Crippen LogP contribution in [-0.4, -0.2) is 52.2 Å². The topological polar surface area (TPSA) is 71.0 Å². The molecule has 1 saturated heterocycles. The number of hydrogen-bond acceptors (Lipinski definition) is 6. The molecule has 6 nitrogen and oxygen atoms in total. The molecule has 0 aromatic carbocycles. The van der Waals surface area contributed by atoms with Gasteiger partial charge in [-0.3, -0.25) is 10.00 Å². The fraction of sp³-hybridized carbons (Fsp3) is 0.538. The zero-order valence-electron chi connectivity index (χ0n) is 12.2. The molecule has 0 unspecified atom stereocenters. The van der Waals surface area contributed by atoms with E-state index < -0.39 is 9.84 Å². The van der Waals surface area contributed by atoms with Crippen LogP contribution in [0.5, 0.6) is 0 Å². The molecule has 0 radical (unpaired) electrons. The Balaban J connectivity index is 1.78. The summed E-state index contributed by atoms with van der Waals surface area (Å²) in [7, 11) is -2.88. The van der Waals surface area contributed by atoms with Crippen molar-refractivity contribution in [3.05, 3.63) is 22.3 Å². The molecule has 1 atom stereocenters. The molecule has 3 rings (SSSR count). The van der Waals surface area contributed by atoms with Gasteiger partial charge in [0.05, 0.1) is 23.1 Å². The van der Waals surface area contributed by atoms with Crippen LogP contribution >= 0.6 is 23.6 Å². The van der Waals surface area contributed by atoms with Crippen molar-refractivity contribution in [2.45, 2.75) is 26.1 Å². The SMILES string of the molecule is CCN(Cn1[nH]c(-c2cccs2)nc1=S)[C@H]1CCS(=O)(=O)C1. The maximum absolute atomic E-state index is 11.7. The quantitative estimate of drug-likeness (QED) is 0.829. The molecule has 3 heterocycles. The van der Waals surface area contributed by atoms with Crippen LogP contribution in [0.25, 0.3) is 10.7 Å². The van der Waals surface area contributed by atoms with Crippen molar-refractivity contribution in [3.63, 3.8) is 0 Å². The average Bonchev–Trinajstić information content (AvgIpc) is 3.17. The number of sulfone groups is 1. The Morgan fingerprint density at radius 3 is 3.00 bits per heavy atom. The second kappa shape index (κ2) is 6.23. The van der Waals surface area contributed by atoms with Crippen LogP contribution in [0.1, 0.15) is 13.3 Å². The summed E-state index contributed by atoms with van der Waals surface area (Å²) in [5.74, 6) is 1.28. The molecule has 1 N–H and O–H groups in total. The number of nitrogens with one attached hydrogen (secondary N) is 1. The Kier molecular flexibility index (Phi) is 4.49. The van der Waals surface area contributed by atoms with E-state index in [1.165, 1.54) is 0 Å². The lowest BCUT2D eigenvalue weighted by Gasteiger charge is -2.26. The largest absolute Gasteiger partial charge is 0.281 e. The monoisotopic (exact) mass is 358 g/mol. The molecule has 1 aliphatic rings. The number of thiophene rings is 1. The standard InChI is InChI=1S/C13H18N4O2S3/c1-2-16(10-5-7-22(18,19)8-10)9-17-13(20)14-12(15-17)11-4-3-6-21-11/h3-4,6,10H,2,5,7-9H2,1H3,(H,14,15,20)/t10-/m0/s1. The summed E-state index contributed by atoms with van der Waals surface area (Å²) in [6.45, 7) is 3.34. The van der Waals surface area contributed by atoms with E-state index in [1.54, 1.807) is 16.0 Å². The van der Waals surface area contributed by atoms with Gasteiger partial charge in [-0.2, -0.15) is 4.98 Å². The normalized spacial score (nSPS) is 20.7. The van der Waals surface area contributed by atoms with Crippen LogP contribution < -0.4 is 0 Å². The highest BCUT2D eigenvalue weighted by atomic mass is 32.2. The lowest BCUT2D eigenvalue weighted by molar-refractivity contribution is 0.164. The number of aromatic amines is 1. The van der Waals surface area contributed by atoms with Gasteiger partial charge in [-0.25, -0.2) is 13.1 Å². The van der Waals surface area contributed by atoms with Gasteiger partial charge in [0.2, 0.25) is 4.77 Å². The third-order valence-electron chi connectivity index (χ3n) is 3.89. The van der Waals surface area contributed by atoms with Gasteiger partial charge >= 0.3 is 0 Å². The lowest BCUT2D eigenvalue weighted by Crippen LogP contribution is -2.37. The Morgan fingerprint density at radius 1 is 1.59 bits per heavy atom.